The molecule has 1 atom stereocenters. The van der Waals surface area contributed by atoms with E-state index in [4.69, 9.17) is 23.2 Å². The summed E-state index contributed by atoms with van der Waals surface area (Å²) in [7, 11) is 0. The summed E-state index contributed by atoms with van der Waals surface area (Å²) in [4.78, 5) is 4.41. The maximum atomic E-state index is 6.05. The SMILES string of the molecule is CCNC(Cc1ccc(Cl)c(Cl)c1)c1ccccn1. The van der Waals surface area contributed by atoms with Crippen molar-refractivity contribution >= 4 is 23.2 Å². The lowest BCUT2D eigenvalue weighted by molar-refractivity contribution is 0.537. The highest BCUT2D eigenvalue weighted by atomic mass is 35.5. The van der Waals surface area contributed by atoms with Crippen molar-refractivity contribution in [3.05, 3.63) is 63.9 Å². The van der Waals surface area contributed by atoms with Crippen LogP contribution in [0.4, 0.5) is 0 Å². The lowest BCUT2D eigenvalue weighted by Gasteiger charge is -2.17. The highest BCUT2D eigenvalue weighted by Gasteiger charge is 2.12. The number of rotatable bonds is 5. The average Bonchev–Trinajstić information content (AvgIpc) is 2.43. The van der Waals surface area contributed by atoms with Crippen molar-refractivity contribution in [1.82, 2.24) is 10.3 Å². The van der Waals surface area contributed by atoms with E-state index in [-0.39, 0.29) is 6.04 Å². The number of halogens is 2. The minimum Gasteiger partial charge on any atom is -0.309 e. The van der Waals surface area contributed by atoms with E-state index in [0.717, 1.165) is 24.2 Å². The van der Waals surface area contributed by atoms with Gasteiger partial charge in [0, 0.05) is 6.20 Å². The summed E-state index contributed by atoms with van der Waals surface area (Å²) in [5.41, 5.74) is 2.18. The van der Waals surface area contributed by atoms with Crippen molar-refractivity contribution in [3.63, 3.8) is 0 Å². The van der Waals surface area contributed by atoms with Gasteiger partial charge < -0.3 is 5.32 Å². The van der Waals surface area contributed by atoms with Crippen LogP contribution in [-0.2, 0) is 6.42 Å². The second-order valence-corrected chi connectivity index (χ2v) is 5.13. The molecule has 1 N–H and O–H groups in total. The Labute approximate surface area is 123 Å². The predicted molar refractivity (Wildman–Crippen MR) is 80.8 cm³/mol. The zero-order valence-corrected chi connectivity index (χ0v) is 12.2. The second-order valence-electron chi connectivity index (χ2n) is 4.32. The Kier molecular flexibility index (Phi) is 5.20. The highest BCUT2D eigenvalue weighted by Crippen LogP contribution is 2.25. The van der Waals surface area contributed by atoms with Gasteiger partial charge in [-0.3, -0.25) is 4.98 Å². The van der Waals surface area contributed by atoms with Crippen LogP contribution in [-0.4, -0.2) is 11.5 Å². The van der Waals surface area contributed by atoms with Crippen LogP contribution < -0.4 is 5.32 Å². The van der Waals surface area contributed by atoms with Crippen molar-refractivity contribution < 1.29 is 0 Å². The normalized spacial score (nSPS) is 12.4. The number of likely N-dealkylation sites (N-methyl/N-ethyl adjacent to an activating group) is 1. The smallest absolute Gasteiger partial charge is 0.0595 e. The van der Waals surface area contributed by atoms with Crippen molar-refractivity contribution in [1.29, 1.82) is 0 Å². The largest absolute Gasteiger partial charge is 0.309 e. The van der Waals surface area contributed by atoms with Gasteiger partial charge in [0.2, 0.25) is 0 Å². The molecule has 1 heterocycles. The standard InChI is InChI=1S/C15H16Cl2N2/c1-2-18-15(14-5-3-4-8-19-14)10-11-6-7-12(16)13(17)9-11/h3-9,15,18H,2,10H2,1H3. The van der Waals surface area contributed by atoms with Crippen LogP contribution in [0, 0.1) is 0 Å². The van der Waals surface area contributed by atoms with E-state index in [0.29, 0.717) is 10.0 Å². The van der Waals surface area contributed by atoms with Crippen LogP contribution in [0.2, 0.25) is 10.0 Å². The summed E-state index contributed by atoms with van der Waals surface area (Å²) >= 11 is 12.0. The van der Waals surface area contributed by atoms with Crippen molar-refractivity contribution in [2.45, 2.75) is 19.4 Å². The second kappa shape index (κ2) is 6.90. The molecule has 0 bridgehead atoms. The first-order chi connectivity index (χ1) is 9.20. The Bertz CT molecular complexity index is 529. The Morgan fingerprint density at radius 2 is 2.00 bits per heavy atom. The molecule has 0 radical (unpaired) electrons. The van der Waals surface area contributed by atoms with E-state index >= 15 is 0 Å². The zero-order chi connectivity index (χ0) is 13.7. The minimum atomic E-state index is 0.184. The van der Waals surface area contributed by atoms with Crippen LogP contribution >= 0.6 is 23.2 Å². The Balaban J connectivity index is 2.19. The van der Waals surface area contributed by atoms with Gasteiger partial charge in [-0.2, -0.15) is 0 Å². The summed E-state index contributed by atoms with van der Waals surface area (Å²) in [5, 5.41) is 4.62. The summed E-state index contributed by atoms with van der Waals surface area (Å²) in [6.45, 7) is 2.98. The Hall–Kier alpha value is -1.09. The molecule has 100 valence electrons. The molecule has 4 heteroatoms. The molecule has 0 saturated carbocycles. The Morgan fingerprint density at radius 3 is 2.63 bits per heavy atom. The summed E-state index contributed by atoms with van der Waals surface area (Å²) in [5.74, 6) is 0. The topological polar surface area (TPSA) is 24.9 Å². The van der Waals surface area contributed by atoms with Crippen LogP contribution in [0.15, 0.2) is 42.6 Å². The van der Waals surface area contributed by atoms with E-state index in [1.54, 1.807) is 0 Å². The van der Waals surface area contributed by atoms with Gasteiger partial charge in [0.15, 0.2) is 0 Å². The first kappa shape index (κ1) is 14.3. The predicted octanol–water partition coefficient (Wildman–Crippen LogP) is 4.28. The first-order valence-corrected chi connectivity index (χ1v) is 7.04. The number of aromatic nitrogens is 1. The molecule has 1 aromatic heterocycles. The number of hydrogen-bond donors (Lipinski definition) is 1. The molecule has 0 fully saturated rings. The quantitative estimate of drug-likeness (QED) is 0.890. The molecule has 19 heavy (non-hydrogen) atoms. The molecular weight excluding hydrogens is 279 g/mol. The molecule has 1 unspecified atom stereocenters. The van der Waals surface area contributed by atoms with Crippen LogP contribution in [0.25, 0.3) is 0 Å². The zero-order valence-electron chi connectivity index (χ0n) is 10.7. The van der Waals surface area contributed by atoms with E-state index in [9.17, 15) is 0 Å². The van der Waals surface area contributed by atoms with Gasteiger partial charge in [-0.25, -0.2) is 0 Å². The van der Waals surface area contributed by atoms with Gasteiger partial charge in [-0.1, -0.05) is 42.3 Å². The van der Waals surface area contributed by atoms with Gasteiger partial charge in [0.25, 0.3) is 0 Å². The molecule has 0 saturated heterocycles. The van der Waals surface area contributed by atoms with Crippen molar-refractivity contribution in [2.24, 2.45) is 0 Å². The maximum absolute atomic E-state index is 6.05. The molecule has 0 spiro atoms. The molecule has 0 aliphatic heterocycles. The molecule has 2 nitrogen and oxygen atoms in total. The van der Waals surface area contributed by atoms with Crippen LogP contribution in [0.3, 0.4) is 0 Å². The fourth-order valence-electron chi connectivity index (χ4n) is 2.01. The summed E-state index contributed by atoms with van der Waals surface area (Å²) in [6.07, 6.45) is 2.65. The number of pyridine rings is 1. The van der Waals surface area contributed by atoms with Gasteiger partial charge in [-0.15, -0.1) is 0 Å². The van der Waals surface area contributed by atoms with Crippen LogP contribution in [0.1, 0.15) is 24.2 Å². The average molecular weight is 295 g/mol. The number of benzene rings is 1. The van der Waals surface area contributed by atoms with Crippen LogP contribution in [0.5, 0.6) is 0 Å². The molecular formula is C15H16Cl2N2. The lowest BCUT2D eigenvalue weighted by atomic mass is 10.0. The number of nitrogens with one attached hydrogen (secondary N) is 1. The van der Waals surface area contributed by atoms with Gasteiger partial charge in [0.05, 0.1) is 21.8 Å². The maximum Gasteiger partial charge on any atom is 0.0595 e. The number of nitrogens with zero attached hydrogens (tertiary/aromatic N) is 1. The van der Waals surface area contributed by atoms with Gasteiger partial charge in [0.1, 0.15) is 0 Å². The van der Waals surface area contributed by atoms with Crippen molar-refractivity contribution in [3.8, 4) is 0 Å². The summed E-state index contributed by atoms with van der Waals surface area (Å²) < 4.78 is 0. The Morgan fingerprint density at radius 1 is 1.16 bits per heavy atom. The minimum absolute atomic E-state index is 0.184. The van der Waals surface area contributed by atoms with E-state index in [1.165, 1.54) is 0 Å². The van der Waals surface area contributed by atoms with Gasteiger partial charge >= 0.3 is 0 Å². The van der Waals surface area contributed by atoms with E-state index in [1.807, 2.05) is 42.6 Å². The third kappa shape index (κ3) is 3.93. The number of hydrogen-bond acceptors (Lipinski definition) is 2. The lowest BCUT2D eigenvalue weighted by Crippen LogP contribution is -2.23. The third-order valence-corrected chi connectivity index (χ3v) is 3.66. The summed E-state index contributed by atoms with van der Waals surface area (Å²) in [6, 6.07) is 11.9. The molecule has 1 aromatic carbocycles. The molecule has 0 aliphatic rings. The third-order valence-electron chi connectivity index (χ3n) is 2.92. The van der Waals surface area contributed by atoms with E-state index < -0.39 is 0 Å². The van der Waals surface area contributed by atoms with Gasteiger partial charge in [-0.05, 0) is 42.8 Å². The van der Waals surface area contributed by atoms with E-state index in [2.05, 4.69) is 17.2 Å². The van der Waals surface area contributed by atoms with Crippen molar-refractivity contribution in [2.75, 3.05) is 6.54 Å². The monoisotopic (exact) mass is 294 g/mol. The fraction of sp³-hybridized carbons (Fsp3) is 0.267. The molecule has 0 amide bonds. The molecule has 2 aromatic rings. The molecule has 2 rings (SSSR count). The fourth-order valence-corrected chi connectivity index (χ4v) is 2.33. The first-order valence-electron chi connectivity index (χ1n) is 6.29. The molecule has 0 aliphatic carbocycles. The highest BCUT2D eigenvalue weighted by molar-refractivity contribution is 6.42.